The summed E-state index contributed by atoms with van der Waals surface area (Å²) in [5.74, 6) is 0.232. The van der Waals surface area contributed by atoms with Gasteiger partial charge in [0, 0.05) is 0 Å². The second kappa shape index (κ2) is 6.19. The molecule has 0 aromatic heterocycles. The number of ether oxygens (including phenoxy) is 1. The second-order valence-corrected chi connectivity index (χ2v) is 8.74. The summed E-state index contributed by atoms with van der Waals surface area (Å²) in [7, 11) is 5.82. The summed E-state index contributed by atoms with van der Waals surface area (Å²) < 4.78 is 5.69. The zero-order chi connectivity index (χ0) is 13.2. The van der Waals surface area contributed by atoms with Crippen molar-refractivity contribution in [1.29, 1.82) is 0 Å². The lowest BCUT2D eigenvalue weighted by Crippen LogP contribution is -2.32. The molecule has 0 amide bonds. The molecule has 2 unspecified atom stereocenters. The van der Waals surface area contributed by atoms with E-state index in [4.69, 9.17) is 4.74 Å². The minimum atomic E-state index is 0.0720. The van der Waals surface area contributed by atoms with Crippen LogP contribution in [0, 0.1) is 5.92 Å². The Balaban J connectivity index is 1.75. The van der Waals surface area contributed by atoms with Gasteiger partial charge in [0.25, 0.3) is 0 Å². The molecule has 4 heteroatoms. The van der Waals surface area contributed by atoms with E-state index in [0.717, 1.165) is 44.2 Å². The van der Waals surface area contributed by atoms with Gasteiger partial charge in [-0.3, -0.25) is 4.79 Å². The molecule has 0 saturated heterocycles. The van der Waals surface area contributed by atoms with Crippen molar-refractivity contribution in [1.82, 2.24) is 0 Å². The fraction of sp³-hybridized carbons (Fsp3) is 0.929. The molecule has 2 nitrogen and oxygen atoms in total. The number of carbonyl (C=O) groups excluding carboxylic acids is 1. The Morgan fingerprint density at radius 2 is 1.67 bits per heavy atom. The maximum absolute atomic E-state index is 12.1. The van der Waals surface area contributed by atoms with Crippen molar-refractivity contribution in [2.24, 2.45) is 5.92 Å². The van der Waals surface area contributed by atoms with Gasteiger partial charge in [-0.25, -0.2) is 0 Å². The van der Waals surface area contributed by atoms with E-state index in [0.29, 0.717) is 5.16 Å². The van der Waals surface area contributed by atoms with Gasteiger partial charge in [-0.15, -0.1) is 18.5 Å². The van der Waals surface area contributed by atoms with Gasteiger partial charge < -0.3 is 4.74 Å². The van der Waals surface area contributed by atoms with E-state index < -0.39 is 0 Å². The first-order valence-electron chi connectivity index (χ1n) is 7.21. The lowest BCUT2D eigenvalue weighted by atomic mass is 9.82. The van der Waals surface area contributed by atoms with Crippen LogP contribution in [0.1, 0.15) is 58.3 Å². The smallest absolute Gasteiger partial charge is 0.309 e. The highest BCUT2D eigenvalue weighted by Crippen LogP contribution is 2.39. The molecular weight excluding hydrogens is 262 g/mol. The van der Waals surface area contributed by atoms with Gasteiger partial charge in [0.1, 0.15) is 6.10 Å². The fourth-order valence-electron chi connectivity index (χ4n) is 2.98. The lowest BCUT2D eigenvalue weighted by Gasteiger charge is -2.34. The molecule has 2 saturated carbocycles. The van der Waals surface area contributed by atoms with Gasteiger partial charge >= 0.3 is 5.97 Å². The molecule has 0 aliphatic heterocycles. The van der Waals surface area contributed by atoms with Crippen molar-refractivity contribution in [3.63, 3.8) is 0 Å². The normalized spacial score (nSPS) is 41.4. The first kappa shape index (κ1) is 14.7. The summed E-state index contributed by atoms with van der Waals surface area (Å²) in [6.07, 6.45) is 8.88. The topological polar surface area (TPSA) is 26.3 Å². The van der Waals surface area contributed by atoms with Gasteiger partial charge in [0.15, 0.2) is 0 Å². The van der Waals surface area contributed by atoms with Gasteiger partial charge in [0.2, 0.25) is 0 Å². The van der Waals surface area contributed by atoms with Crippen LogP contribution >= 0.6 is 18.5 Å². The van der Waals surface area contributed by atoms with Gasteiger partial charge in [-0.1, -0.05) is 6.92 Å². The summed E-state index contributed by atoms with van der Waals surface area (Å²) in [6, 6.07) is 0. The first-order chi connectivity index (χ1) is 8.46. The molecule has 0 radical (unpaired) electrons. The van der Waals surface area contributed by atoms with Crippen molar-refractivity contribution in [3.05, 3.63) is 0 Å². The molecule has 2 aliphatic rings. The molecule has 0 aromatic carbocycles. The molecule has 0 bridgehead atoms. The van der Waals surface area contributed by atoms with Crippen LogP contribution in [-0.2, 0) is 9.53 Å². The molecule has 104 valence electrons. The highest BCUT2D eigenvalue weighted by molar-refractivity contribution is 7.18. The molecule has 2 rings (SSSR count). The minimum absolute atomic E-state index is 0.0720. The quantitative estimate of drug-likeness (QED) is 0.574. The summed E-state index contributed by atoms with van der Waals surface area (Å²) in [4.78, 5) is 12.1. The summed E-state index contributed by atoms with van der Waals surface area (Å²) >= 11 is 0. The average molecular weight is 288 g/mol. The van der Waals surface area contributed by atoms with E-state index in [1.807, 2.05) is 0 Å². The maximum atomic E-state index is 12.1. The molecule has 2 atom stereocenters. The Morgan fingerprint density at radius 3 is 2.22 bits per heavy atom. The van der Waals surface area contributed by atoms with Crippen molar-refractivity contribution in [3.8, 4) is 0 Å². The Labute approximate surface area is 115 Å². The highest BCUT2D eigenvalue weighted by Gasteiger charge is 2.33. The predicted molar refractivity (Wildman–Crippen MR) is 81.9 cm³/mol. The standard InChI is InChI=1S/C14H26O2P2/c1-14(18)8-6-10(7-9-14)13(15)16-11-2-4-12(17)5-3-11/h10-12H,2-9,17-18H2,1H3. The van der Waals surface area contributed by atoms with E-state index in [1.54, 1.807) is 0 Å². The Bertz CT molecular complexity index is 286. The monoisotopic (exact) mass is 288 g/mol. The summed E-state index contributed by atoms with van der Waals surface area (Å²) in [5.41, 5.74) is 0.729. The van der Waals surface area contributed by atoms with Crippen molar-refractivity contribution < 1.29 is 9.53 Å². The number of rotatable bonds is 2. The van der Waals surface area contributed by atoms with Crippen LogP contribution in [0.4, 0.5) is 0 Å². The number of hydrogen-bond donors (Lipinski definition) is 0. The van der Waals surface area contributed by atoms with E-state index >= 15 is 0 Å². The van der Waals surface area contributed by atoms with Crippen molar-refractivity contribution in [2.75, 3.05) is 0 Å². The van der Waals surface area contributed by atoms with E-state index in [1.165, 1.54) is 12.8 Å². The van der Waals surface area contributed by atoms with Crippen LogP contribution in [0.5, 0.6) is 0 Å². The molecular formula is C14H26O2P2. The third-order valence-corrected chi connectivity index (χ3v) is 5.71. The van der Waals surface area contributed by atoms with Crippen LogP contribution in [0.3, 0.4) is 0 Å². The molecule has 18 heavy (non-hydrogen) atoms. The van der Waals surface area contributed by atoms with E-state index in [-0.39, 0.29) is 18.0 Å². The lowest BCUT2D eigenvalue weighted by molar-refractivity contribution is -0.156. The number of hydrogen-bond acceptors (Lipinski definition) is 2. The van der Waals surface area contributed by atoms with Gasteiger partial charge in [0.05, 0.1) is 5.92 Å². The summed E-state index contributed by atoms with van der Waals surface area (Å²) in [5, 5.41) is 0.342. The third-order valence-electron chi connectivity index (χ3n) is 4.46. The first-order valence-corrected chi connectivity index (χ1v) is 8.46. The van der Waals surface area contributed by atoms with Crippen LogP contribution in [0.25, 0.3) is 0 Å². The van der Waals surface area contributed by atoms with Crippen molar-refractivity contribution in [2.45, 2.75) is 75.2 Å². The van der Waals surface area contributed by atoms with Crippen LogP contribution in [-0.4, -0.2) is 22.9 Å². The molecule has 0 aromatic rings. The van der Waals surface area contributed by atoms with Crippen LogP contribution < -0.4 is 0 Å². The Morgan fingerprint density at radius 1 is 1.11 bits per heavy atom. The zero-order valence-electron chi connectivity index (χ0n) is 11.4. The molecule has 0 N–H and O–H groups in total. The molecule has 0 spiro atoms. The Hall–Kier alpha value is 0.330. The summed E-state index contributed by atoms with van der Waals surface area (Å²) in [6.45, 7) is 2.26. The van der Waals surface area contributed by atoms with Crippen LogP contribution in [0.2, 0.25) is 0 Å². The molecule has 2 aliphatic carbocycles. The van der Waals surface area contributed by atoms with Crippen LogP contribution in [0.15, 0.2) is 0 Å². The fourth-order valence-corrected chi connectivity index (χ4v) is 3.70. The third kappa shape index (κ3) is 4.17. The van der Waals surface area contributed by atoms with Gasteiger partial charge in [-0.05, 0) is 62.2 Å². The minimum Gasteiger partial charge on any atom is -0.462 e. The zero-order valence-corrected chi connectivity index (χ0v) is 13.7. The largest absolute Gasteiger partial charge is 0.462 e. The van der Waals surface area contributed by atoms with E-state index in [9.17, 15) is 4.79 Å². The Kier molecular flexibility index (Phi) is 5.06. The average Bonchev–Trinajstić information content (AvgIpc) is 2.32. The number of carbonyl (C=O) groups is 1. The van der Waals surface area contributed by atoms with Crippen molar-refractivity contribution >= 4 is 24.4 Å². The number of esters is 1. The molecule has 0 heterocycles. The highest BCUT2D eigenvalue weighted by atomic mass is 31.0. The van der Waals surface area contributed by atoms with E-state index in [2.05, 4.69) is 25.4 Å². The maximum Gasteiger partial charge on any atom is 0.309 e. The predicted octanol–water partition coefficient (Wildman–Crippen LogP) is 3.54. The SMILES string of the molecule is CC1(P)CCC(C(=O)OC2CCC(P)CC2)CC1. The second-order valence-electron chi connectivity index (χ2n) is 6.40. The van der Waals surface area contributed by atoms with Gasteiger partial charge in [-0.2, -0.15) is 0 Å². The molecule has 2 fully saturated rings.